The maximum absolute atomic E-state index is 5.29. The third-order valence-corrected chi connectivity index (χ3v) is 3.43. The quantitative estimate of drug-likeness (QED) is 0.583. The Hall–Kier alpha value is -2.03. The Labute approximate surface area is 99.9 Å². The molecule has 0 aliphatic heterocycles. The van der Waals surface area contributed by atoms with E-state index in [1.807, 2.05) is 6.07 Å². The van der Waals surface area contributed by atoms with Crippen LogP contribution >= 0.6 is 0 Å². The van der Waals surface area contributed by atoms with Gasteiger partial charge in [0.25, 0.3) is 0 Å². The zero-order valence-electron chi connectivity index (χ0n) is 10.3. The van der Waals surface area contributed by atoms with Crippen LogP contribution in [-0.4, -0.2) is 11.5 Å². The zero-order valence-corrected chi connectivity index (χ0v) is 10.3. The van der Waals surface area contributed by atoms with Gasteiger partial charge in [-0.25, -0.2) is 0 Å². The summed E-state index contributed by atoms with van der Waals surface area (Å²) in [4.78, 5) is 0. The molecule has 3 nitrogen and oxygen atoms in total. The van der Waals surface area contributed by atoms with Crippen LogP contribution in [0.1, 0.15) is 5.69 Å². The van der Waals surface area contributed by atoms with Crippen molar-refractivity contribution >= 4 is 16.6 Å². The summed E-state index contributed by atoms with van der Waals surface area (Å²) in [6.07, 6.45) is 2.09. The van der Waals surface area contributed by atoms with Crippen LogP contribution in [0.5, 0.6) is 5.75 Å². The molecule has 3 heteroatoms. The Morgan fingerprint density at radius 3 is 2.76 bits per heavy atom. The van der Waals surface area contributed by atoms with Crippen molar-refractivity contribution in [3.05, 3.63) is 42.2 Å². The summed E-state index contributed by atoms with van der Waals surface area (Å²) in [5.74, 6) is 0.888. The average molecular weight is 227 g/mol. The first-order valence-corrected chi connectivity index (χ1v) is 5.66. The van der Waals surface area contributed by atoms with E-state index in [0.717, 1.165) is 5.75 Å². The van der Waals surface area contributed by atoms with Crippen molar-refractivity contribution < 1.29 is 9.30 Å². The van der Waals surface area contributed by atoms with Gasteiger partial charge in [-0.15, -0.1) is 0 Å². The second-order valence-electron chi connectivity index (χ2n) is 4.26. The standard InChI is InChI=1S/C14H15N2O/c1-10-12-5-4-8-16(12)13-7-6-11(17-3)9-14(13)15(10)2/h4-9H,1-3H3/q+1. The number of aryl methyl sites for hydroxylation is 2. The number of rotatable bonds is 1. The summed E-state index contributed by atoms with van der Waals surface area (Å²) in [6.45, 7) is 2.13. The van der Waals surface area contributed by atoms with Crippen LogP contribution in [0, 0.1) is 6.92 Å². The van der Waals surface area contributed by atoms with E-state index in [9.17, 15) is 0 Å². The van der Waals surface area contributed by atoms with E-state index < -0.39 is 0 Å². The molecule has 1 aromatic carbocycles. The van der Waals surface area contributed by atoms with Crippen LogP contribution in [0.15, 0.2) is 36.5 Å². The van der Waals surface area contributed by atoms with Crippen molar-refractivity contribution in [1.82, 2.24) is 4.40 Å². The molecule has 0 bridgehead atoms. The van der Waals surface area contributed by atoms with Crippen molar-refractivity contribution in [2.45, 2.75) is 6.92 Å². The normalized spacial score (nSPS) is 11.2. The SMILES string of the molecule is COc1ccc2c(c1)[n+](C)c(C)c1cccn12. The molecule has 0 spiro atoms. The Kier molecular flexibility index (Phi) is 2.08. The number of nitrogens with zero attached hydrogens (tertiary/aromatic N) is 2. The van der Waals surface area contributed by atoms with E-state index >= 15 is 0 Å². The minimum Gasteiger partial charge on any atom is -0.497 e. The summed E-state index contributed by atoms with van der Waals surface area (Å²) in [6, 6.07) is 10.4. The van der Waals surface area contributed by atoms with Gasteiger partial charge in [0.05, 0.1) is 13.2 Å². The Morgan fingerprint density at radius 2 is 2.00 bits per heavy atom. The molecule has 0 aliphatic carbocycles. The van der Waals surface area contributed by atoms with Gasteiger partial charge in [-0.1, -0.05) is 0 Å². The highest BCUT2D eigenvalue weighted by Gasteiger charge is 2.15. The number of aromatic nitrogens is 2. The minimum absolute atomic E-state index is 0.888. The predicted molar refractivity (Wildman–Crippen MR) is 67.4 cm³/mol. The molecule has 0 aliphatic rings. The van der Waals surface area contributed by atoms with Crippen molar-refractivity contribution in [1.29, 1.82) is 0 Å². The highest BCUT2D eigenvalue weighted by molar-refractivity contribution is 5.77. The third-order valence-electron chi connectivity index (χ3n) is 3.43. The highest BCUT2D eigenvalue weighted by Crippen LogP contribution is 2.21. The van der Waals surface area contributed by atoms with Crippen LogP contribution in [-0.2, 0) is 7.05 Å². The van der Waals surface area contributed by atoms with Crippen molar-refractivity contribution in [3.8, 4) is 5.75 Å². The fraction of sp³-hybridized carbons (Fsp3) is 0.214. The van der Waals surface area contributed by atoms with E-state index in [-0.39, 0.29) is 0 Å². The van der Waals surface area contributed by atoms with E-state index in [1.165, 1.54) is 22.2 Å². The van der Waals surface area contributed by atoms with E-state index in [2.05, 4.69) is 53.4 Å². The summed E-state index contributed by atoms with van der Waals surface area (Å²) in [7, 11) is 3.78. The van der Waals surface area contributed by atoms with Gasteiger partial charge >= 0.3 is 0 Å². The van der Waals surface area contributed by atoms with Crippen LogP contribution in [0.25, 0.3) is 16.6 Å². The molecular weight excluding hydrogens is 212 g/mol. The second kappa shape index (κ2) is 3.48. The predicted octanol–water partition coefficient (Wildman–Crippen LogP) is 2.23. The summed E-state index contributed by atoms with van der Waals surface area (Å²) < 4.78 is 9.70. The fourth-order valence-electron chi connectivity index (χ4n) is 2.34. The van der Waals surface area contributed by atoms with Crippen molar-refractivity contribution in [2.24, 2.45) is 7.05 Å². The average Bonchev–Trinajstić information content (AvgIpc) is 2.84. The summed E-state index contributed by atoms with van der Waals surface area (Å²) in [5.41, 5.74) is 4.85. The van der Waals surface area contributed by atoms with Gasteiger partial charge in [0.2, 0.25) is 11.2 Å². The molecular formula is C14H15N2O+. The number of methoxy groups -OCH3 is 1. The first-order valence-electron chi connectivity index (χ1n) is 5.66. The maximum Gasteiger partial charge on any atom is 0.233 e. The summed E-state index contributed by atoms with van der Waals surface area (Å²) in [5, 5.41) is 0. The molecule has 2 aromatic heterocycles. The molecule has 0 amide bonds. The summed E-state index contributed by atoms with van der Waals surface area (Å²) >= 11 is 0. The number of benzene rings is 1. The lowest BCUT2D eigenvalue weighted by Gasteiger charge is -2.06. The van der Waals surface area contributed by atoms with Crippen molar-refractivity contribution in [2.75, 3.05) is 7.11 Å². The van der Waals surface area contributed by atoms with Gasteiger partial charge in [-0.2, -0.15) is 4.57 Å². The number of hydrogen-bond donors (Lipinski definition) is 0. The first kappa shape index (κ1) is 10.1. The number of ether oxygens (including phenoxy) is 1. The van der Waals surface area contributed by atoms with Gasteiger partial charge in [0, 0.05) is 13.1 Å². The molecule has 2 heterocycles. The zero-order chi connectivity index (χ0) is 12.0. The molecule has 0 atom stereocenters. The monoisotopic (exact) mass is 227 g/mol. The third kappa shape index (κ3) is 1.32. The molecule has 0 unspecified atom stereocenters. The molecule has 0 radical (unpaired) electrons. The topological polar surface area (TPSA) is 17.5 Å². The Balaban J connectivity index is 2.55. The largest absolute Gasteiger partial charge is 0.497 e. The molecule has 0 fully saturated rings. The molecule has 3 aromatic rings. The van der Waals surface area contributed by atoms with Gasteiger partial charge < -0.3 is 9.14 Å². The highest BCUT2D eigenvalue weighted by atomic mass is 16.5. The lowest BCUT2D eigenvalue weighted by Crippen LogP contribution is -2.34. The van der Waals surface area contributed by atoms with Gasteiger partial charge in [0.1, 0.15) is 23.8 Å². The maximum atomic E-state index is 5.29. The molecule has 0 saturated carbocycles. The molecule has 3 rings (SSSR count). The molecule has 17 heavy (non-hydrogen) atoms. The molecule has 86 valence electrons. The Bertz CT molecular complexity index is 713. The molecule has 0 N–H and O–H groups in total. The van der Waals surface area contributed by atoms with E-state index in [0.29, 0.717) is 0 Å². The minimum atomic E-state index is 0.888. The smallest absolute Gasteiger partial charge is 0.233 e. The van der Waals surface area contributed by atoms with Crippen molar-refractivity contribution in [3.63, 3.8) is 0 Å². The number of hydrogen-bond acceptors (Lipinski definition) is 1. The Morgan fingerprint density at radius 1 is 1.18 bits per heavy atom. The molecule has 0 saturated heterocycles. The van der Waals surface area contributed by atoms with Gasteiger partial charge in [-0.05, 0) is 24.3 Å². The lowest BCUT2D eigenvalue weighted by molar-refractivity contribution is -0.650. The van der Waals surface area contributed by atoms with Gasteiger partial charge in [-0.3, -0.25) is 0 Å². The van der Waals surface area contributed by atoms with Crippen LogP contribution in [0.2, 0.25) is 0 Å². The van der Waals surface area contributed by atoms with Crippen LogP contribution in [0.3, 0.4) is 0 Å². The first-order chi connectivity index (χ1) is 8.22. The van der Waals surface area contributed by atoms with Gasteiger partial charge in [0.15, 0.2) is 0 Å². The van der Waals surface area contributed by atoms with E-state index in [4.69, 9.17) is 4.74 Å². The van der Waals surface area contributed by atoms with Crippen LogP contribution < -0.4 is 9.30 Å². The second-order valence-corrected chi connectivity index (χ2v) is 4.26. The van der Waals surface area contributed by atoms with E-state index in [1.54, 1.807) is 7.11 Å². The fourth-order valence-corrected chi connectivity index (χ4v) is 2.34. The van der Waals surface area contributed by atoms with Crippen LogP contribution in [0.4, 0.5) is 0 Å². The lowest BCUT2D eigenvalue weighted by atomic mass is 10.2. The number of fused-ring (bicyclic) bond motifs is 3.